The largest absolute Gasteiger partial charge is 0.504 e. The van der Waals surface area contributed by atoms with Crippen LogP contribution in [0.5, 0.6) is 28.7 Å². The number of hydrogen-bond donors (Lipinski definition) is 3. The van der Waals surface area contributed by atoms with Crippen molar-refractivity contribution in [2.24, 2.45) is 0 Å². The first-order valence-electron chi connectivity index (χ1n) is 16.3. The molecule has 0 aliphatic carbocycles. The number of nitrogens with one attached hydrogen (secondary N) is 1. The van der Waals surface area contributed by atoms with Crippen molar-refractivity contribution in [2.45, 2.75) is 88.6 Å². The summed E-state index contributed by atoms with van der Waals surface area (Å²) in [5.41, 5.74) is 4.26. The fourth-order valence-electron chi connectivity index (χ4n) is 8.37. The number of aliphatic hydroxyl groups is 1. The molecule has 3 N–H and O–H groups in total. The first-order valence-corrected chi connectivity index (χ1v) is 17.3. The predicted octanol–water partition coefficient (Wildman–Crippen LogP) is 2.94. The normalized spacial score (nSPS) is 28.9. The van der Waals surface area contributed by atoms with Crippen molar-refractivity contribution in [1.29, 1.82) is 0 Å². The van der Waals surface area contributed by atoms with Crippen LogP contribution in [-0.2, 0) is 25.5 Å². The zero-order chi connectivity index (χ0) is 34.2. The van der Waals surface area contributed by atoms with Gasteiger partial charge in [-0.15, -0.1) is 11.8 Å². The first-order chi connectivity index (χ1) is 23.0. The molecule has 1 amide bonds. The third-order valence-corrected chi connectivity index (χ3v) is 11.7. The quantitative estimate of drug-likeness (QED) is 0.313. The zero-order valence-electron chi connectivity index (χ0n) is 27.8. The molecule has 6 aliphatic heterocycles. The number of phenolic OH excluding ortho intramolecular Hbond substituents is 1. The Bertz CT molecular complexity index is 1700. The Balaban J connectivity index is 1.49. The van der Waals surface area contributed by atoms with Gasteiger partial charge >= 0.3 is 11.9 Å². The Hall–Kier alpha value is -3.72. The van der Waals surface area contributed by atoms with Crippen LogP contribution in [0.1, 0.15) is 77.4 Å². The number of aryl methyl sites for hydroxylation is 1. The number of aromatic hydroxyl groups is 1. The molecule has 2 saturated heterocycles. The molecule has 0 radical (unpaired) electrons. The lowest BCUT2D eigenvalue weighted by Gasteiger charge is -2.62. The van der Waals surface area contributed by atoms with E-state index in [1.165, 1.54) is 25.8 Å². The number of nitrogens with zero attached hydrogens (tertiary/aromatic N) is 2. The van der Waals surface area contributed by atoms with E-state index in [2.05, 4.69) is 10.2 Å². The molecule has 13 nitrogen and oxygen atoms in total. The van der Waals surface area contributed by atoms with Gasteiger partial charge in [0.15, 0.2) is 23.0 Å². The summed E-state index contributed by atoms with van der Waals surface area (Å²) in [6.45, 7) is 6.67. The highest BCUT2D eigenvalue weighted by Crippen LogP contribution is 2.63. The highest BCUT2D eigenvalue weighted by Gasteiger charge is 2.60. The number of benzene rings is 2. The second-order valence-electron chi connectivity index (χ2n) is 13.1. The maximum atomic E-state index is 13.5. The van der Waals surface area contributed by atoms with Crippen LogP contribution in [0.3, 0.4) is 0 Å². The van der Waals surface area contributed by atoms with E-state index in [4.69, 9.17) is 23.7 Å². The molecular weight excluding hydrogens is 642 g/mol. The van der Waals surface area contributed by atoms with Crippen molar-refractivity contribution >= 4 is 29.6 Å². The number of methoxy groups -OCH3 is 1. The van der Waals surface area contributed by atoms with Gasteiger partial charge in [-0.3, -0.25) is 19.4 Å². The third-order valence-electron chi connectivity index (χ3n) is 10.3. The van der Waals surface area contributed by atoms with Crippen LogP contribution >= 0.6 is 11.8 Å². The number of carbonyl (C=O) groups is 3. The van der Waals surface area contributed by atoms with E-state index in [9.17, 15) is 24.6 Å². The van der Waals surface area contributed by atoms with E-state index in [-0.39, 0.29) is 43.3 Å². The minimum Gasteiger partial charge on any atom is -0.504 e. The maximum Gasteiger partial charge on any atom is 0.329 e. The number of esters is 2. The van der Waals surface area contributed by atoms with Crippen molar-refractivity contribution in [3.05, 3.63) is 39.4 Å². The zero-order valence-corrected chi connectivity index (χ0v) is 28.6. The predicted molar refractivity (Wildman–Crippen MR) is 173 cm³/mol. The van der Waals surface area contributed by atoms with Gasteiger partial charge in [0.05, 0.1) is 30.5 Å². The monoisotopic (exact) mass is 683 g/mol. The van der Waals surface area contributed by atoms with Crippen molar-refractivity contribution < 1.29 is 48.3 Å². The van der Waals surface area contributed by atoms with E-state index in [0.29, 0.717) is 58.1 Å². The lowest BCUT2D eigenvalue weighted by molar-refractivity contribution is -0.184. The van der Waals surface area contributed by atoms with Gasteiger partial charge in [0, 0.05) is 47.4 Å². The summed E-state index contributed by atoms with van der Waals surface area (Å²) in [6.07, 6.45) is 0.312. The van der Waals surface area contributed by atoms with Crippen LogP contribution in [0.25, 0.3) is 0 Å². The molecule has 48 heavy (non-hydrogen) atoms. The van der Waals surface area contributed by atoms with Crippen molar-refractivity contribution in [2.75, 3.05) is 33.3 Å². The van der Waals surface area contributed by atoms with Gasteiger partial charge in [0.2, 0.25) is 12.7 Å². The lowest BCUT2D eigenvalue weighted by Crippen LogP contribution is -2.69. The van der Waals surface area contributed by atoms with Crippen LogP contribution in [0.15, 0.2) is 6.07 Å². The second-order valence-corrected chi connectivity index (χ2v) is 14.3. The number of phenols is 1. The maximum absolute atomic E-state index is 13.5. The van der Waals surface area contributed by atoms with Gasteiger partial charge in [-0.1, -0.05) is 13.0 Å². The highest BCUT2D eigenvalue weighted by molar-refractivity contribution is 7.99. The average molecular weight is 684 g/mol. The van der Waals surface area contributed by atoms with E-state index < -0.39 is 47.6 Å². The summed E-state index contributed by atoms with van der Waals surface area (Å²) in [4.78, 5) is 43.0. The molecule has 7 atom stereocenters. The molecule has 6 aliphatic rings. The van der Waals surface area contributed by atoms with Crippen molar-refractivity contribution in [3.63, 3.8) is 0 Å². The van der Waals surface area contributed by atoms with E-state index in [0.717, 1.165) is 11.1 Å². The SMILES string of the molecule is CCCC(=O)N[C@H]1CS[C@@H]2c3c(OC(C)=O)c(C)c4c(c3[C@@H](COC1=O)N1C2[C@H]2c3c(cc(C)c(OC)c3O)C[C@@H]([C@@H]1O)N2C)OCO4. The summed E-state index contributed by atoms with van der Waals surface area (Å²) >= 11 is 1.40. The molecule has 2 aromatic carbocycles. The summed E-state index contributed by atoms with van der Waals surface area (Å²) in [7, 11) is 3.46. The topological polar surface area (TPSA) is 156 Å². The number of fused-ring (bicyclic) bond motifs is 10. The Morgan fingerprint density at radius 3 is 2.58 bits per heavy atom. The Morgan fingerprint density at radius 2 is 1.88 bits per heavy atom. The molecule has 0 spiro atoms. The first kappa shape index (κ1) is 32.8. The Labute approximate surface area is 282 Å². The van der Waals surface area contributed by atoms with Gasteiger partial charge < -0.3 is 39.2 Å². The number of hydrogen-bond acceptors (Lipinski definition) is 13. The fraction of sp³-hybridized carbons (Fsp3) is 0.559. The second kappa shape index (κ2) is 12.3. The molecule has 1 unspecified atom stereocenters. The number of amides is 1. The van der Waals surface area contributed by atoms with Gasteiger partial charge in [0.25, 0.3) is 0 Å². The van der Waals surface area contributed by atoms with Crippen molar-refractivity contribution in [1.82, 2.24) is 15.1 Å². The smallest absolute Gasteiger partial charge is 0.329 e. The Kier molecular flexibility index (Phi) is 8.41. The van der Waals surface area contributed by atoms with Crippen LogP contribution in [0.2, 0.25) is 0 Å². The number of piperazine rings is 1. The number of carbonyl (C=O) groups excluding carboxylic acids is 3. The minimum atomic E-state index is -1.02. The number of likely N-dealkylation sites (N-methyl/N-ethyl adjacent to an activating group) is 1. The lowest BCUT2D eigenvalue weighted by atomic mass is 9.73. The number of rotatable bonds is 5. The van der Waals surface area contributed by atoms with Gasteiger partial charge in [-0.25, -0.2) is 4.79 Å². The molecule has 0 saturated carbocycles. The van der Waals surface area contributed by atoms with Crippen LogP contribution in [0, 0.1) is 13.8 Å². The Morgan fingerprint density at radius 1 is 1.12 bits per heavy atom. The van der Waals surface area contributed by atoms with E-state index in [1.807, 2.05) is 38.8 Å². The van der Waals surface area contributed by atoms with E-state index >= 15 is 0 Å². The molecule has 258 valence electrons. The summed E-state index contributed by atoms with van der Waals surface area (Å²) < 4.78 is 29.6. The van der Waals surface area contributed by atoms with Crippen LogP contribution < -0.4 is 24.3 Å². The minimum absolute atomic E-state index is 0.0375. The summed E-state index contributed by atoms with van der Waals surface area (Å²) in [5.74, 6) is 0.395. The van der Waals surface area contributed by atoms with Crippen LogP contribution in [0.4, 0.5) is 0 Å². The van der Waals surface area contributed by atoms with E-state index in [1.54, 1.807) is 0 Å². The van der Waals surface area contributed by atoms with Gasteiger partial charge in [0.1, 0.15) is 24.6 Å². The van der Waals surface area contributed by atoms with Crippen LogP contribution in [-0.4, -0.2) is 95.5 Å². The number of ether oxygens (including phenoxy) is 5. The van der Waals surface area contributed by atoms with Crippen molar-refractivity contribution in [3.8, 4) is 28.7 Å². The third kappa shape index (κ3) is 4.90. The molecule has 14 heteroatoms. The molecule has 6 heterocycles. The summed E-state index contributed by atoms with van der Waals surface area (Å²) in [5, 5.41) is 26.4. The summed E-state index contributed by atoms with van der Waals surface area (Å²) in [6, 6.07) is -1.07. The van der Waals surface area contributed by atoms with Gasteiger partial charge in [-0.05, 0) is 44.9 Å². The number of aliphatic hydroxyl groups excluding tert-OH is 1. The fourth-order valence-corrected chi connectivity index (χ4v) is 9.88. The molecule has 2 aromatic rings. The number of thioether (sulfide) groups is 1. The molecule has 8 rings (SSSR count). The van der Waals surface area contributed by atoms with Gasteiger partial charge in [-0.2, -0.15) is 0 Å². The molecular formula is C34H41N3O10S. The molecule has 4 bridgehead atoms. The standard InChI is InChI=1S/C34H41N3O10S/c1-7-8-21(39)35-18-12-48-32-24-23(31-30(45-13-46-31)15(3)29(24)47-16(4)38)20(11-44-34(18)42)37-26(32)25-22-17(10-19(33(37)41)36(25)5)9-14(2)28(43-6)27(22)40/h9,18-20,25-26,32-33,40-41H,7-8,10-13H2,1-6H3,(H,35,39)/t18-,19-,20+,25+,26?,32+,33-/m0/s1. The average Bonchev–Trinajstić information content (AvgIpc) is 3.53. The highest BCUT2D eigenvalue weighted by atomic mass is 32.2. The molecule has 0 aromatic heterocycles. The molecule has 2 fully saturated rings.